The molecule has 0 aromatic carbocycles. The summed E-state index contributed by atoms with van der Waals surface area (Å²) in [7, 11) is -11.3. The van der Waals surface area contributed by atoms with Gasteiger partial charge in [0, 0.05) is 0 Å². The molecule has 7 nitrogen and oxygen atoms in total. The van der Waals surface area contributed by atoms with E-state index in [1.165, 1.54) is 0 Å². The van der Waals surface area contributed by atoms with Crippen LogP contribution in [-0.4, -0.2) is 0 Å². The molecule has 13 heteroatoms. The molecule has 0 aliphatic rings. The molecule has 0 bridgehead atoms. The largest absolute Gasteiger partial charge is 1.00 e. The molecular weight excluding hydrogens is 226 g/mol. The van der Waals surface area contributed by atoms with Gasteiger partial charge in [-0.15, -0.1) is 0 Å². The van der Waals surface area contributed by atoms with E-state index in [1.54, 1.807) is 0 Å². The maximum absolute atomic E-state index is 10.9. The van der Waals surface area contributed by atoms with Gasteiger partial charge in [0.05, 0.1) is 7.82 Å². The van der Waals surface area contributed by atoms with Gasteiger partial charge in [-0.1, -0.05) is 9.46 Å². The number of hydrogen-bond donors (Lipinski definition) is 0. The zero-order chi connectivity index (χ0) is 9.12. The van der Waals surface area contributed by atoms with E-state index in [0.717, 1.165) is 0 Å². The third-order valence-corrected chi connectivity index (χ3v) is 2.31. The molecule has 0 aromatic rings. The smallest absolute Gasteiger partial charge is 0.789 e. The molecule has 0 saturated heterocycles. The van der Waals surface area contributed by atoms with E-state index in [9.17, 15) is 28.0 Å². The summed E-state index contributed by atoms with van der Waals surface area (Å²) in [5, 5.41) is 0. The Balaban J connectivity index is -0.000000500. The predicted molar refractivity (Wildman–Crippen MR) is 20.7 cm³/mol. The molecule has 0 saturated carbocycles. The maximum atomic E-state index is 10.9. The summed E-state index contributed by atoms with van der Waals surface area (Å²) in [6.07, 6.45) is 0. The van der Waals surface area contributed by atoms with Crippen molar-refractivity contribution in [2.24, 2.45) is 0 Å². The summed E-state index contributed by atoms with van der Waals surface area (Å²) in [5.41, 5.74) is 0. The van der Waals surface area contributed by atoms with Crippen molar-refractivity contribution in [1.82, 2.24) is 0 Å². The van der Waals surface area contributed by atoms with Crippen LogP contribution in [0.1, 0.15) is 0 Å². The second-order valence-corrected chi connectivity index (χ2v) is 3.83. The summed E-state index contributed by atoms with van der Waals surface area (Å²) in [6, 6.07) is 0. The van der Waals surface area contributed by atoms with Crippen molar-refractivity contribution in [3.8, 4) is 0 Å². The molecular formula is F2Li2O7P2. The van der Waals surface area contributed by atoms with Crippen LogP contribution in [0.4, 0.5) is 9.05 Å². The minimum absolute atomic E-state index is 0. The molecule has 0 aliphatic heterocycles. The Kier molecular flexibility index (Phi) is 11.6. The fourth-order valence-electron chi connectivity index (χ4n) is 0.158. The van der Waals surface area contributed by atoms with Gasteiger partial charge < -0.3 is 14.4 Å². The molecule has 0 fully saturated rings. The van der Waals surface area contributed by atoms with Crippen molar-refractivity contribution in [1.29, 1.82) is 0 Å². The number of hydrogen-bond acceptors (Lipinski definition) is 7. The zero-order valence-corrected chi connectivity index (χ0v) is 8.30. The van der Waals surface area contributed by atoms with Gasteiger partial charge in [-0.05, 0) is 9.05 Å². The predicted octanol–water partition coefficient (Wildman–Crippen LogP) is -6.25. The summed E-state index contributed by atoms with van der Waals surface area (Å²) >= 11 is 0. The Morgan fingerprint density at radius 2 is 1.31 bits per heavy atom. The van der Waals surface area contributed by atoms with Gasteiger partial charge in [-0.2, -0.15) is 0 Å². The summed E-state index contributed by atoms with van der Waals surface area (Å²) in [6.45, 7) is 0. The molecule has 0 atom stereocenters. The van der Waals surface area contributed by atoms with E-state index in [-0.39, 0.29) is 37.7 Å². The number of halogens is 2. The molecule has 0 aliphatic carbocycles. The molecule has 68 valence electrons. The first kappa shape index (κ1) is 19.8. The second-order valence-electron chi connectivity index (χ2n) is 1.11. The van der Waals surface area contributed by atoms with Crippen LogP contribution < -0.4 is 47.5 Å². The van der Waals surface area contributed by atoms with Crippen LogP contribution in [0, 0.1) is 0 Å². The van der Waals surface area contributed by atoms with Crippen LogP contribution in [0.5, 0.6) is 0 Å². The first-order chi connectivity index (χ1) is 4.83. The fraction of sp³-hybridized carbons (Fsp3) is 0. The van der Waals surface area contributed by atoms with Crippen LogP contribution >= 0.6 is 15.6 Å². The Hall–Kier alpha value is 1.31. The number of phosphoric acid groups is 2. The Morgan fingerprint density at radius 3 is 1.38 bits per heavy atom. The van der Waals surface area contributed by atoms with Crippen LogP contribution in [0.2, 0.25) is 0 Å². The normalized spacial score (nSPS) is 11.4. The first-order valence-electron chi connectivity index (χ1n) is 1.77. The topological polar surface area (TPSA) is 108 Å². The molecule has 0 unspecified atom stereocenters. The Labute approximate surface area is 95.1 Å². The summed E-state index contributed by atoms with van der Waals surface area (Å²) in [5.74, 6) is 0. The van der Waals surface area contributed by atoms with Gasteiger partial charge in [-0.3, -0.25) is 4.31 Å². The van der Waals surface area contributed by atoms with Gasteiger partial charge in [0.1, 0.15) is 0 Å². The zero-order valence-electron chi connectivity index (χ0n) is 6.51. The minimum Gasteiger partial charge on any atom is -0.789 e. The van der Waals surface area contributed by atoms with Crippen molar-refractivity contribution in [2.75, 3.05) is 0 Å². The van der Waals surface area contributed by atoms with Gasteiger partial charge in [0.15, 0.2) is 0 Å². The van der Waals surface area contributed by atoms with Gasteiger partial charge in [-0.25, -0.2) is 4.57 Å². The Bertz CT molecular complexity index is 205. The molecule has 0 radical (unpaired) electrons. The van der Waals surface area contributed by atoms with Crippen molar-refractivity contribution in [3.05, 3.63) is 0 Å². The molecule has 0 aromatic heterocycles. The minimum atomic E-state index is -5.81. The van der Waals surface area contributed by atoms with E-state index in [0.29, 0.717) is 0 Å². The van der Waals surface area contributed by atoms with E-state index in [2.05, 4.69) is 13.8 Å². The first-order valence-corrected chi connectivity index (χ1v) is 4.69. The van der Waals surface area contributed by atoms with E-state index in [4.69, 9.17) is 0 Å². The van der Waals surface area contributed by atoms with Crippen LogP contribution in [0.3, 0.4) is 0 Å². The van der Waals surface area contributed by atoms with Gasteiger partial charge in [0.25, 0.3) is 0 Å². The SMILES string of the molecule is O=P([O-])([O-])OP(=O)(OF)OF.[Li+].[Li+]. The van der Waals surface area contributed by atoms with Crippen LogP contribution in [-0.2, 0) is 22.9 Å². The standard InChI is InChI=1S/F2H2O7P2.2Li/c1-7-11(6,8-2)9-10(3,4)5;;/h(H2,3,4,5);;/q;2*+1/p-2. The Morgan fingerprint density at radius 1 is 1.00 bits per heavy atom. The summed E-state index contributed by atoms with van der Waals surface area (Å²) in [4.78, 5) is 19.1. The number of rotatable bonds is 4. The van der Waals surface area contributed by atoms with Crippen molar-refractivity contribution in [2.45, 2.75) is 0 Å². The molecule has 0 spiro atoms. The van der Waals surface area contributed by atoms with Crippen molar-refractivity contribution >= 4 is 15.6 Å². The second kappa shape index (κ2) is 7.59. The van der Waals surface area contributed by atoms with Gasteiger partial charge >= 0.3 is 45.5 Å². The van der Waals surface area contributed by atoms with E-state index in [1.807, 2.05) is 0 Å². The molecule has 0 rings (SSSR count). The molecule has 0 N–H and O–H groups in total. The molecule has 0 amide bonds. The van der Waals surface area contributed by atoms with Gasteiger partial charge in [0.2, 0.25) is 0 Å². The van der Waals surface area contributed by atoms with Crippen LogP contribution in [0.15, 0.2) is 0 Å². The van der Waals surface area contributed by atoms with Crippen molar-refractivity contribution in [3.63, 3.8) is 0 Å². The monoisotopic (exact) mass is 226 g/mol. The molecule has 0 heterocycles. The van der Waals surface area contributed by atoms with E-state index >= 15 is 0 Å². The third kappa shape index (κ3) is 9.62. The van der Waals surface area contributed by atoms with Crippen molar-refractivity contribution < 1.29 is 79.5 Å². The maximum Gasteiger partial charge on any atom is 1.00 e. The average Bonchev–Trinajstić information content (AvgIpc) is 1.84. The average molecular weight is 226 g/mol. The third-order valence-electron chi connectivity index (χ3n) is 0.369. The fourth-order valence-corrected chi connectivity index (χ4v) is 1.36. The quantitative estimate of drug-likeness (QED) is 0.346. The van der Waals surface area contributed by atoms with Crippen LogP contribution in [0.25, 0.3) is 0 Å². The molecule has 13 heavy (non-hydrogen) atoms. The summed E-state index contributed by atoms with van der Waals surface area (Å²) < 4.78 is 48.4. The van der Waals surface area contributed by atoms with E-state index < -0.39 is 15.6 Å².